The predicted molar refractivity (Wildman–Crippen MR) is 79.4 cm³/mol. The first-order valence-corrected chi connectivity index (χ1v) is 7.66. The fourth-order valence-electron chi connectivity index (χ4n) is 2.88. The van der Waals surface area contributed by atoms with Crippen LogP contribution in [0, 0.1) is 0 Å². The van der Waals surface area contributed by atoms with Crippen LogP contribution in [0.4, 0.5) is 0 Å². The van der Waals surface area contributed by atoms with Crippen LogP contribution in [0.2, 0.25) is 0 Å². The van der Waals surface area contributed by atoms with Crippen molar-refractivity contribution in [1.82, 2.24) is 20.2 Å². The normalized spacial score (nSPS) is 18.1. The summed E-state index contributed by atoms with van der Waals surface area (Å²) in [6, 6.07) is 0.504. The van der Waals surface area contributed by atoms with Gasteiger partial charge in [0.15, 0.2) is 0 Å². The first-order valence-electron chi connectivity index (χ1n) is 7.66. The number of likely N-dealkylation sites (N-methyl/N-ethyl adjacent to an activating group) is 1. The summed E-state index contributed by atoms with van der Waals surface area (Å²) in [5, 5.41) is 3.00. The predicted octanol–water partition coefficient (Wildman–Crippen LogP) is 1.72. The molecule has 1 aliphatic carbocycles. The van der Waals surface area contributed by atoms with E-state index in [-0.39, 0.29) is 11.9 Å². The molecule has 1 atom stereocenters. The van der Waals surface area contributed by atoms with Gasteiger partial charge in [0, 0.05) is 31.4 Å². The highest BCUT2D eigenvalue weighted by Gasteiger charge is 2.25. The number of rotatable bonds is 6. The molecule has 1 saturated carbocycles. The lowest BCUT2D eigenvalue weighted by Gasteiger charge is -2.34. The van der Waals surface area contributed by atoms with Crippen LogP contribution in [0.25, 0.3) is 0 Å². The number of carbonyl (C=O) groups is 1. The molecule has 5 nitrogen and oxygen atoms in total. The topological polar surface area (TPSA) is 61.0 Å². The number of hydrogen-bond donors (Lipinski definition) is 2. The van der Waals surface area contributed by atoms with Crippen LogP contribution < -0.4 is 5.32 Å². The number of nitrogens with one attached hydrogen (secondary N) is 2. The Morgan fingerprint density at radius 1 is 1.50 bits per heavy atom. The SMILES string of the molecule is C[C@H](C(=O)NCCc1ncc[nH]1)N(C)C1CCCCC1. The largest absolute Gasteiger partial charge is 0.354 e. The van der Waals surface area contributed by atoms with Gasteiger partial charge in [-0.25, -0.2) is 4.98 Å². The quantitative estimate of drug-likeness (QED) is 0.833. The molecular weight excluding hydrogens is 252 g/mol. The molecule has 1 heterocycles. The van der Waals surface area contributed by atoms with Gasteiger partial charge in [-0.15, -0.1) is 0 Å². The van der Waals surface area contributed by atoms with Gasteiger partial charge >= 0.3 is 0 Å². The maximum absolute atomic E-state index is 12.2. The molecule has 2 N–H and O–H groups in total. The first kappa shape index (κ1) is 15.0. The molecule has 1 amide bonds. The zero-order valence-corrected chi connectivity index (χ0v) is 12.6. The van der Waals surface area contributed by atoms with Crippen molar-refractivity contribution in [3.05, 3.63) is 18.2 Å². The molecule has 0 aliphatic heterocycles. The molecule has 5 heteroatoms. The van der Waals surface area contributed by atoms with Gasteiger partial charge < -0.3 is 10.3 Å². The van der Waals surface area contributed by atoms with E-state index in [0.29, 0.717) is 12.6 Å². The zero-order chi connectivity index (χ0) is 14.4. The van der Waals surface area contributed by atoms with Crippen LogP contribution in [-0.2, 0) is 11.2 Å². The monoisotopic (exact) mass is 278 g/mol. The molecule has 0 aromatic carbocycles. The number of aromatic amines is 1. The Morgan fingerprint density at radius 3 is 2.90 bits per heavy atom. The van der Waals surface area contributed by atoms with Gasteiger partial charge in [0.05, 0.1) is 6.04 Å². The molecule has 0 radical (unpaired) electrons. The Bertz CT molecular complexity index is 398. The van der Waals surface area contributed by atoms with Gasteiger partial charge in [0.25, 0.3) is 0 Å². The van der Waals surface area contributed by atoms with E-state index in [2.05, 4.69) is 27.2 Å². The molecule has 112 valence electrons. The molecular formula is C15H26N4O. The minimum atomic E-state index is -0.0605. The van der Waals surface area contributed by atoms with E-state index in [1.54, 1.807) is 12.4 Å². The molecule has 1 aliphatic rings. The van der Waals surface area contributed by atoms with Crippen LogP contribution in [0.15, 0.2) is 12.4 Å². The lowest BCUT2D eigenvalue weighted by Crippen LogP contribution is -2.48. The second kappa shape index (κ2) is 7.43. The summed E-state index contributed by atoms with van der Waals surface area (Å²) >= 11 is 0. The Hall–Kier alpha value is -1.36. The van der Waals surface area contributed by atoms with Crippen molar-refractivity contribution >= 4 is 5.91 Å². The van der Waals surface area contributed by atoms with Crippen LogP contribution in [-0.4, -0.2) is 46.5 Å². The van der Waals surface area contributed by atoms with E-state index in [9.17, 15) is 4.79 Å². The van der Waals surface area contributed by atoms with E-state index in [4.69, 9.17) is 0 Å². The summed E-state index contributed by atoms with van der Waals surface area (Å²) in [5.41, 5.74) is 0. The fraction of sp³-hybridized carbons (Fsp3) is 0.733. The first-order chi connectivity index (χ1) is 9.68. The number of aromatic nitrogens is 2. The lowest BCUT2D eigenvalue weighted by molar-refractivity contribution is -0.126. The summed E-state index contributed by atoms with van der Waals surface area (Å²) in [7, 11) is 2.08. The minimum Gasteiger partial charge on any atom is -0.354 e. The Labute approximate surface area is 121 Å². The number of imidazole rings is 1. The molecule has 0 saturated heterocycles. The summed E-state index contributed by atoms with van der Waals surface area (Å²) < 4.78 is 0. The molecule has 0 unspecified atom stereocenters. The number of carbonyl (C=O) groups excluding carboxylic acids is 1. The lowest BCUT2D eigenvalue weighted by atomic mass is 9.93. The Morgan fingerprint density at radius 2 is 2.25 bits per heavy atom. The van der Waals surface area contributed by atoms with E-state index >= 15 is 0 Å². The van der Waals surface area contributed by atoms with Crippen molar-refractivity contribution in [2.45, 2.75) is 57.5 Å². The summed E-state index contributed by atoms with van der Waals surface area (Å²) in [6.07, 6.45) is 10.7. The molecule has 20 heavy (non-hydrogen) atoms. The van der Waals surface area contributed by atoms with E-state index in [0.717, 1.165) is 12.2 Å². The van der Waals surface area contributed by atoms with Crippen LogP contribution in [0.5, 0.6) is 0 Å². The maximum Gasteiger partial charge on any atom is 0.237 e. The van der Waals surface area contributed by atoms with Crippen LogP contribution in [0.3, 0.4) is 0 Å². The Kier molecular flexibility index (Phi) is 5.59. The second-order valence-corrected chi connectivity index (χ2v) is 5.71. The number of H-pyrrole nitrogens is 1. The number of amides is 1. The third kappa shape index (κ3) is 4.07. The van der Waals surface area contributed by atoms with Gasteiger partial charge in [-0.1, -0.05) is 19.3 Å². The van der Waals surface area contributed by atoms with Crippen molar-refractivity contribution in [2.24, 2.45) is 0 Å². The highest BCUT2D eigenvalue weighted by Crippen LogP contribution is 2.22. The average molecular weight is 278 g/mol. The molecule has 0 bridgehead atoms. The van der Waals surface area contributed by atoms with Gasteiger partial charge in [0.1, 0.15) is 5.82 Å². The van der Waals surface area contributed by atoms with E-state index in [1.165, 1.54) is 32.1 Å². The molecule has 1 fully saturated rings. The third-order valence-electron chi connectivity index (χ3n) is 4.36. The smallest absolute Gasteiger partial charge is 0.237 e. The van der Waals surface area contributed by atoms with Crippen LogP contribution >= 0.6 is 0 Å². The van der Waals surface area contributed by atoms with Gasteiger partial charge in [-0.2, -0.15) is 0 Å². The summed E-state index contributed by atoms with van der Waals surface area (Å²) in [6.45, 7) is 2.63. The van der Waals surface area contributed by atoms with Gasteiger partial charge in [-0.05, 0) is 26.8 Å². The Balaban J connectivity index is 1.72. The van der Waals surface area contributed by atoms with Crippen molar-refractivity contribution < 1.29 is 4.79 Å². The average Bonchev–Trinajstić information content (AvgIpc) is 2.99. The van der Waals surface area contributed by atoms with Crippen LogP contribution in [0.1, 0.15) is 44.9 Å². The maximum atomic E-state index is 12.2. The van der Waals surface area contributed by atoms with Crippen molar-refractivity contribution in [3.8, 4) is 0 Å². The highest BCUT2D eigenvalue weighted by molar-refractivity contribution is 5.81. The van der Waals surface area contributed by atoms with E-state index in [1.807, 2.05) is 6.92 Å². The molecule has 1 aromatic heterocycles. The minimum absolute atomic E-state index is 0.0605. The van der Waals surface area contributed by atoms with Crippen molar-refractivity contribution in [2.75, 3.05) is 13.6 Å². The number of nitrogens with zero attached hydrogens (tertiary/aromatic N) is 2. The summed E-state index contributed by atoms with van der Waals surface area (Å²) in [4.78, 5) is 21.6. The van der Waals surface area contributed by atoms with Gasteiger partial charge in [-0.3, -0.25) is 9.69 Å². The zero-order valence-electron chi connectivity index (χ0n) is 12.6. The molecule has 1 aromatic rings. The van der Waals surface area contributed by atoms with Gasteiger partial charge in [0.2, 0.25) is 5.91 Å². The third-order valence-corrected chi connectivity index (χ3v) is 4.36. The summed E-state index contributed by atoms with van der Waals surface area (Å²) in [5.74, 6) is 1.03. The highest BCUT2D eigenvalue weighted by atomic mass is 16.2. The van der Waals surface area contributed by atoms with E-state index < -0.39 is 0 Å². The second-order valence-electron chi connectivity index (χ2n) is 5.71. The van der Waals surface area contributed by atoms with Crippen molar-refractivity contribution in [1.29, 1.82) is 0 Å². The van der Waals surface area contributed by atoms with Crippen molar-refractivity contribution in [3.63, 3.8) is 0 Å². The standard InChI is InChI=1S/C15H26N4O/c1-12(19(2)13-6-4-3-5-7-13)15(20)18-9-8-14-16-10-11-17-14/h10-13H,3-9H2,1-2H3,(H,16,17)(H,18,20)/t12-/m1/s1. The molecule has 2 rings (SSSR count). The molecule has 0 spiro atoms. The number of hydrogen-bond acceptors (Lipinski definition) is 3. The fourth-order valence-corrected chi connectivity index (χ4v) is 2.88.